The number of halogens is 1. The molecule has 2 N–H and O–H groups in total. The van der Waals surface area contributed by atoms with Crippen LogP contribution in [0.25, 0.3) is 11.3 Å². The molecule has 0 saturated carbocycles. The molecule has 4 aromatic rings. The first-order chi connectivity index (χ1) is 17.4. The number of phenolic OH excluding ortho intramolecular Hbond substituents is 1. The van der Waals surface area contributed by atoms with Crippen LogP contribution >= 0.6 is 11.6 Å². The fourth-order valence-electron chi connectivity index (χ4n) is 4.71. The zero-order chi connectivity index (χ0) is 25.4. The maximum absolute atomic E-state index is 13.6. The highest BCUT2D eigenvalue weighted by Crippen LogP contribution is 2.45. The van der Waals surface area contributed by atoms with Crippen LogP contribution in [0.4, 0.5) is 0 Å². The van der Waals surface area contributed by atoms with Crippen LogP contribution in [0.3, 0.4) is 0 Å². The molecule has 1 amide bonds. The van der Waals surface area contributed by atoms with Crippen molar-refractivity contribution in [3.8, 4) is 28.5 Å². The molecule has 3 aromatic carbocycles. The molecule has 7 nitrogen and oxygen atoms in total. The number of benzene rings is 3. The number of nitrogens with zero attached hydrogens (tertiary/aromatic N) is 2. The Hall–Kier alpha value is -3.97. The van der Waals surface area contributed by atoms with E-state index in [4.69, 9.17) is 21.1 Å². The molecule has 2 heterocycles. The summed E-state index contributed by atoms with van der Waals surface area (Å²) < 4.78 is 10.8. The third-order valence-corrected chi connectivity index (χ3v) is 6.80. The predicted molar refractivity (Wildman–Crippen MR) is 138 cm³/mol. The molecule has 184 valence electrons. The molecule has 1 aliphatic heterocycles. The molecule has 0 fully saturated rings. The maximum Gasteiger partial charge on any atom is 0.273 e. The van der Waals surface area contributed by atoms with E-state index in [1.165, 1.54) is 6.07 Å². The fourth-order valence-corrected chi connectivity index (χ4v) is 4.88. The highest BCUT2D eigenvalue weighted by molar-refractivity contribution is 6.31. The SMILES string of the molecule is COc1ccc(CCN2C(=O)c3[nH]nc(-c4cc(Cl)ccc4O)c3C2c2ccc(C)cc2)cc1OC. The largest absolute Gasteiger partial charge is 0.507 e. The van der Waals surface area contributed by atoms with Gasteiger partial charge in [-0.25, -0.2) is 0 Å². The van der Waals surface area contributed by atoms with Gasteiger partial charge in [-0.2, -0.15) is 5.10 Å². The van der Waals surface area contributed by atoms with Crippen LogP contribution in [-0.4, -0.2) is 46.9 Å². The number of aryl methyl sites for hydroxylation is 1. The standard InChI is InChI=1S/C28H26ClN3O4/c1-16-4-7-18(8-5-16)27-24-25(20-15-19(29)9-10-21(20)33)30-31-26(24)28(34)32(27)13-12-17-6-11-22(35-2)23(14-17)36-3/h4-11,14-15,27,33H,12-13H2,1-3H3,(H,30,31). The zero-order valence-electron chi connectivity index (χ0n) is 20.2. The van der Waals surface area contributed by atoms with Crippen molar-refractivity contribution in [2.45, 2.75) is 19.4 Å². The molecular formula is C28H26ClN3O4. The summed E-state index contributed by atoms with van der Waals surface area (Å²) in [6, 6.07) is 18.3. The lowest BCUT2D eigenvalue weighted by atomic mass is 9.95. The van der Waals surface area contributed by atoms with E-state index in [0.717, 1.165) is 22.3 Å². The van der Waals surface area contributed by atoms with Crippen molar-refractivity contribution in [3.63, 3.8) is 0 Å². The van der Waals surface area contributed by atoms with E-state index in [1.807, 2.05) is 54.3 Å². The van der Waals surface area contributed by atoms with Crippen LogP contribution in [0.1, 0.15) is 38.8 Å². The Morgan fingerprint density at radius 3 is 2.50 bits per heavy atom. The third-order valence-electron chi connectivity index (χ3n) is 6.56. The Balaban J connectivity index is 1.55. The first-order valence-electron chi connectivity index (χ1n) is 11.6. The van der Waals surface area contributed by atoms with E-state index in [9.17, 15) is 9.90 Å². The van der Waals surface area contributed by atoms with Crippen molar-refractivity contribution < 1.29 is 19.4 Å². The van der Waals surface area contributed by atoms with Crippen LogP contribution in [0.2, 0.25) is 5.02 Å². The smallest absolute Gasteiger partial charge is 0.273 e. The third kappa shape index (κ3) is 4.16. The maximum atomic E-state index is 13.6. The summed E-state index contributed by atoms with van der Waals surface area (Å²) in [4.78, 5) is 15.5. The number of aromatic amines is 1. The average molecular weight is 504 g/mol. The van der Waals surface area contributed by atoms with Gasteiger partial charge in [0.1, 0.15) is 17.1 Å². The van der Waals surface area contributed by atoms with Gasteiger partial charge < -0.3 is 19.5 Å². The van der Waals surface area contributed by atoms with E-state index >= 15 is 0 Å². The number of amides is 1. The topological polar surface area (TPSA) is 87.7 Å². The van der Waals surface area contributed by atoms with Crippen molar-refractivity contribution in [1.29, 1.82) is 0 Å². The Morgan fingerprint density at radius 2 is 1.78 bits per heavy atom. The molecule has 1 atom stereocenters. The number of carbonyl (C=O) groups is 1. The highest BCUT2D eigenvalue weighted by atomic mass is 35.5. The number of carbonyl (C=O) groups excluding carboxylic acids is 1. The van der Waals surface area contributed by atoms with Gasteiger partial charge in [0.2, 0.25) is 0 Å². The van der Waals surface area contributed by atoms with Crippen LogP contribution in [0.5, 0.6) is 17.2 Å². The normalized spacial score (nSPS) is 14.7. The molecule has 8 heteroatoms. The van der Waals surface area contributed by atoms with Crippen molar-refractivity contribution in [1.82, 2.24) is 15.1 Å². The second kappa shape index (κ2) is 9.59. The average Bonchev–Trinajstić information content (AvgIpc) is 3.43. The van der Waals surface area contributed by atoms with Gasteiger partial charge in [-0.15, -0.1) is 0 Å². The van der Waals surface area contributed by atoms with Gasteiger partial charge in [-0.1, -0.05) is 47.5 Å². The van der Waals surface area contributed by atoms with Gasteiger partial charge >= 0.3 is 0 Å². The molecule has 0 aliphatic carbocycles. The highest BCUT2D eigenvalue weighted by Gasteiger charge is 2.42. The molecule has 0 spiro atoms. The molecular weight excluding hydrogens is 478 g/mol. The summed E-state index contributed by atoms with van der Waals surface area (Å²) in [5, 5.41) is 18.4. The molecule has 1 aromatic heterocycles. The summed E-state index contributed by atoms with van der Waals surface area (Å²) in [6.45, 7) is 2.49. The number of fused-ring (bicyclic) bond motifs is 1. The number of aromatic hydroxyl groups is 1. The fraction of sp³-hybridized carbons (Fsp3) is 0.214. The van der Waals surface area contributed by atoms with Gasteiger partial charge in [-0.05, 0) is 54.8 Å². The molecule has 0 saturated heterocycles. The second-order valence-corrected chi connectivity index (χ2v) is 9.21. The minimum Gasteiger partial charge on any atom is -0.507 e. The Kier molecular flexibility index (Phi) is 6.33. The summed E-state index contributed by atoms with van der Waals surface area (Å²) in [6.07, 6.45) is 0.615. The van der Waals surface area contributed by atoms with Crippen LogP contribution < -0.4 is 9.47 Å². The molecule has 1 aliphatic rings. The first-order valence-corrected chi connectivity index (χ1v) is 11.9. The van der Waals surface area contributed by atoms with Crippen LogP contribution in [0.15, 0.2) is 60.7 Å². The second-order valence-electron chi connectivity index (χ2n) is 8.77. The number of aromatic nitrogens is 2. The summed E-state index contributed by atoms with van der Waals surface area (Å²) in [7, 11) is 3.20. The first kappa shape index (κ1) is 23.8. The number of methoxy groups -OCH3 is 2. The molecule has 0 radical (unpaired) electrons. The Labute approximate surface area is 214 Å². The lowest BCUT2D eigenvalue weighted by molar-refractivity contribution is 0.0746. The summed E-state index contributed by atoms with van der Waals surface area (Å²) in [5.41, 5.74) is 5.24. The van der Waals surface area contributed by atoms with E-state index in [2.05, 4.69) is 10.2 Å². The van der Waals surface area contributed by atoms with E-state index in [0.29, 0.717) is 46.4 Å². The van der Waals surface area contributed by atoms with Crippen LogP contribution in [0, 0.1) is 6.92 Å². The van der Waals surface area contributed by atoms with E-state index in [-0.39, 0.29) is 17.7 Å². The van der Waals surface area contributed by atoms with Gasteiger partial charge in [-0.3, -0.25) is 9.89 Å². The van der Waals surface area contributed by atoms with Gasteiger partial charge in [0.05, 0.1) is 20.3 Å². The zero-order valence-corrected chi connectivity index (χ0v) is 21.0. The number of nitrogens with one attached hydrogen (secondary N) is 1. The van der Waals surface area contributed by atoms with Crippen molar-refractivity contribution in [3.05, 3.63) is 93.6 Å². The van der Waals surface area contributed by atoms with Gasteiger partial charge in [0.15, 0.2) is 11.5 Å². The minimum absolute atomic E-state index is 0.0487. The number of hydrogen-bond acceptors (Lipinski definition) is 5. The number of ether oxygens (including phenoxy) is 2. The monoisotopic (exact) mass is 503 g/mol. The van der Waals surface area contributed by atoms with E-state index in [1.54, 1.807) is 26.4 Å². The molecule has 5 rings (SSSR count). The number of rotatable bonds is 7. The number of hydrogen-bond donors (Lipinski definition) is 2. The van der Waals surface area contributed by atoms with E-state index < -0.39 is 0 Å². The Morgan fingerprint density at radius 1 is 1.03 bits per heavy atom. The number of H-pyrrole nitrogens is 1. The summed E-state index contributed by atoms with van der Waals surface area (Å²) >= 11 is 6.23. The van der Waals surface area contributed by atoms with Gasteiger partial charge in [0.25, 0.3) is 5.91 Å². The Bertz CT molecular complexity index is 1430. The lowest BCUT2D eigenvalue weighted by Gasteiger charge is -2.27. The molecule has 36 heavy (non-hydrogen) atoms. The quantitative estimate of drug-likeness (QED) is 0.345. The minimum atomic E-state index is -0.375. The van der Waals surface area contributed by atoms with Gasteiger partial charge in [0, 0.05) is 22.7 Å². The molecule has 1 unspecified atom stereocenters. The number of phenols is 1. The summed E-state index contributed by atoms with van der Waals surface area (Å²) in [5.74, 6) is 1.21. The predicted octanol–water partition coefficient (Wildman–Crippen LogP) is 5.55. The van der Waals surface area contributed by atoms with Crippen molar-refractivity contribution in [2.24, 2.45) is 0 Å². The lowest BCUT2D eigenvalue weighted by Crippen LogP contribution is -2.31. The van der Waals surface area contributed by atoms with Crippen LogP contribution in [-0.2, 0) is 6.42 Å². The molecule has 0 bridgehead atoms. The van der Waals surface area contributed by atoms with Crippen molar-refractivity contribution >= 4 is 17.5 Å². The van der Waals surface area contributed by atoms with Crippen molar-refractivity contribution in [2.75, 3.05) is 20.8 Å².